The van der Waals surface area contributed by atoms with Crippen molar-refractivity contribution in [2.75, 3.05) is 12.4 Å². The first-order valence-corrected chi connectivity index (χ1v) is 9.67. The zero-order chi connectivity index (χ0) is 19.5. The van der Waals surface area contributed by atoms with E-state index in [9.17, 15) is 4.79 Å². The summed E-state index contributed by atoms with van der Waals surface area (Å²) in [5.41, 5.74) is 2.87. The molecule has 6 nitrogen and oxygen atoms in total. The molecule has 0 radical (unpaired) electrons. The van der Waals surface area contributed by atoms with E-state index in [0.717, 1.165) is 33.6 Å². The molecule has 0 saturated carbocycles. The predicted octanol–water partition coefficient (Wildman–Crippen LogP) is 4.58. The number of aryl methyl sites for hydroxylation is 1. The van der Waals surface area contributed by atoms with Crippen molar-refractivity contribution in [3.63, 3.8) is 0 Å². The molecule has 0 bridgehead atoms. The number of aromatic nitrogens is 3. The average molecular weight is 390 g/mol. The highest BCUT2D eigenvalue weighted by Crippen LogP contribution is 2.28. The molecule has 0 aliphatic heterocycles. The average Bonchev–Trinajstić information content (AvgIpc) is 3.20. The smallest absolute Gasteiger partial charge is 0.258 e. The Kier molecular flexibility index (Phi) is 4.99. The number of hydrogen-bond donors (Lipinski definition) is 1. The fourth-order valence-corrected chi connectivity index (χ4v) is 3.58. The first-order chi connectivity index (χ1) is 13.7. The topological polar surface area (TPSA) is 77.0 Å². The van der Waals surface area contributed by atoms with E-state index in [1.165, 1.54) is 11.3 Å². The fourth-order valence-electron chi connectivity index (χ4n) is 2.90. The number of benzene rings is 2. The maximum absolute atomic E-state index is 13.0. The number of nitrogens with zero attached hydrogens (tertiary/aromatic N) is 3. The highest BCUT2D eigenvalue weighted by molar-refractivity contribution is 7.15. The van der Waals surface area contributed by atoms with E-state index in [-0.39, 0.29) is 5.91 Å². The van der Waals surface area contributed by atoms with Gasteiger partial charge in [-0.25, -0.2) is 4.98 Å². The van der Waals surface area contributed by atoms with Gasteiger partial charge in [-0.1, -0.05) is 48.6 Å². The number of fused-ring (bicyclic) bond motifs is 1. The third kappa shape index (κ3) is 3.57. The molecule has 0 aliphatic rings. The van der Waals surface area contributed by atoms with Gasteiger partial charge in [0.2, 0.25) is 5.13 Å². The van der Waals surface area contributed by atoms with Gasteiger partial charge < -0.3 is 4.74 Å². The molecule has 7 heteroatoms. The molecule has 0 saturated heterocycles. The minimum Gasteiger partial charge on any atom is -0.497 e. The van der Waals surface area contributed by atoms with Gasteiger partial charge in [-0.3, -0.25) is 10.1 Å². The summed E-state index contributed by atoms with van der Waals surface area (Å²) in [6.45, 7) is 2.00. The number of anilines is 1. The third-order valence-corrected chi connectivity index (χ3v) is 5.30. The molecule has 0 unspecified atom stereocenters. The summed E-state index contributed by atoms with van der Waals surface area (Å²) in [6.07, 6.45) is 0.783. The molecule has 0 spiro atoms. The summed E-state index contributed by atoms with van der Waals surface area (Å²) < 4.78 is 5.31. The zero-order valence-electron chi connectivity index (χ0n) is 15.5. The molecular weight excluding hydrogens is 372 g/mol. The van der Waals surface area contributed by atoms with E-state index in [0.29, 0.717) is 16.4 Å². The molecule has 140 valence electrons. The van der Waals surface area contributed by atoms with E-state index in [2.05, 4.69) is 15.5 Å². The molecule has 28 heavy (non-hydrogen) atoms. The van der Waals surface area contributed by atoms with Crippen molar-refractivity contribution in [3.05, 3.63) is 65.2 Å². The van der Waals surface area contributed by atoms with Crippen LogP contribution in [0.3, 0.4) is 0 Å². The summed E-state index contributed by atoms with van der Waals surface area (Å²) >= 11 is 1.38. The van der Waals surface area contributed by atoms with Crippen LogP contribution in [0.5, 0.6) is 5.75 Å². The van der Waals surface area contributed by atoms with Crippen molar-refractivity contribution < 1.29 is 9.53 Å². The SMILES string of the molecule is CCc1nnc(NC(=O)c2cc(-c3cccc(OC)c3)nc3ccccc23)s1. The minimum absolute atomic E-state index is 0.235. The number of methoxy groups -OCH3 is 1. The molecule has 0 aliphatic carbocycles. The second kappa shape index (κ2) is 7.74. The first kappa shape index (κ1) is 18.1. The fraction of sp³-hybridized carbons (Fsp3) is 0.143. The number of pyridine rings is 1. The Labute approximate surface area is 166 Å². The van der Waals surface area contributed by atoms with Crippen molar-refractivity contribution in [2.45, 2.75) is 13.3 Å². The Bertz CT molecular complexity index is 1160. The lowest BCUT2D eigenvalue weighted by atomic mass is 10.0. The van der Waals surface area contributed by atoms with Gasteiger partial charge in [0.05, 0.1) is 23.9 Å². The third-order valence-electron chi connectivity index (χ3n) is 4.32. The summed E-state index contributed by atoms with van der Waals surface area (Å²) in [5, 5.41) is 13.1. The summed E-state index contributed by atoms with van der Waals surface area (Å²) in [4.78, 5) is 17.7. The Balaban J connectivity index is 1.78. The molecule has 0 atom stereocenters. The van der Waals surface area contributed by atoms with Crippen LogP contribution in [0, 0.1) is 0 Å². The second-order valence-electron chi connectivity index (χ2n) is 6.11. The lowest BCUT2D eigenvalue weighted by molar-refractivity contribution is 0.102. The van der Waals surface area contributed by atoms with Gasteiger partial charge in [-0.2, -0.15) is 0 Å². The van der Waals surface area contributed by atoms with Crippen LogP contribution in [-0.4, -0.2) is 28.2 Å². The zero-order valence-corrected chi connectivity index (χ0v) is 16.3. The molecule has 4 aromatic rings. The van der Waals surface area contributed by atoms with Gasteiger partial charge >= 0.3 is 0 Å². The van der Waals surface area contributed by atoms with Crippen LogP contribution in [0.15, 0.2) is 54.6 Å². The molecule has 2 heterocycles. The summed E-state index contributed by atoms with van der Waals surface area (Å²) in [7, 11) is 1.62. The largest absolute Gasteiger partial charge is 0.497 e. The van der Waals surface area contributed by atoms with Crippen LogP contribution >= 0.6 is 11.3 Å². The molecule has 0 fully saturated rings. The number of amides is 1. The van der Waals surface area contributed by atoms with E-state index in [4.69, 9.17) is 9.72 Å². The number of ether oxygens (including phenoxy) is 1. The maximum Gasteiger partial charge on any atom is 0.258 e. The normalized spacial score (nSPS) is 10.8. The van der Waals surface area contributed by atoms with Crippen LogP contribution in [0.1, 0.15) is 22.3 Å². The molecular formula is C21H18N4O2S. The van der Waals surface area contributed by atoms with Gasteiger partial charge in [0.25, 0.3) is 5.91 Å². The Morgan fingerprint density at radius 2 is 1.96 bits per heavy atom. The maximum atomic E-state index is 13.0. The van der Waals surface area contributed by atoms with E-state index in [1.54, 1.807) is 13.2 Å². The summed E-state index contributed by atoms with van der Waals surface area (Å²) in [5.74, 6) is 0.501. The highest BCUT2D eigenvalue weighted by Gasteiger charge is 2.16. The van der Waals surface area contributed by atoms with Crippen LogP contribution in [0.25, 0.3) is 22.2 Å². The summed E-state index contributed by atoms with van der Waals surface area (Å²) in [6, 6.07) is 17.0. The predicted molar refractivity (Wildman–Crippen MR) is 111 cm³/mol. The van der Waals surface area contributed by atoms with Gasteiger partial charge in [0.15, 0.2) is 0 Å². The lowest BCUT2D eigenvalue weighted by Gasteiger charge is -2.10. The van der Waals surface area contributed by atoms with Crippen LogP contribution in [-0.2, 0) is 6.42 Å². The van der Waals surface area contributed by atoms with Crippen molar-refractivity contribution >= 4 is 33.3 Å². The molecule has 2 aromatic carbocycles. The van der Waals surface area contributed by atoms with Gasteiger partial charge in [-0.05, 0) is 30.7 Å². The number of rotatable bonds is 5. The molecule has 1 N–H and O–H groups in total. The Hall–Kier alpha value is -3.32. The van der Waals surface area contributed by atoms with E-state index in [1.807, 2.05) is 55.5 Å². The van der Waals surface area contributed by atoms with Gasteiger partial charge in [0, 0.05) is 10.9 Å². The van der Waals surface area contributed by atoms with E-state index < -0.39 is 0 Å². The monoisotopic (exact) mass is 390 g/mol. The van der Waals surface area contributed by atoms with Crippen LogP contribution in [0.2, 0.25) is 0 Å². The Morgan fingerprint density at radius 3 is 2.75 bits per heavy atom. The van der Waals surface area contributed by atoms with Crippen LogP contribution < -0.4 is 10.1 Å². The van der Waals surface area contributed by atoms with E-state index >= 15 is 0 Å². The number of carbonyl (C=O) groups is 1. The highest BCUT2D eigenvalue weighted by atomic mass is 32.1. The molecule has 2 aromatic heterocycles. The second-order valence-corrected chi connectivity index (χ2v) is 7.17. The van der Waals surface area contributed by atoms with Crippen molar-refractivity contribution in [1.82, 2.24) is 15.2 Å². The quantitative estimate of drug-likeness (QED) is 0.540. The van der Waals surface area contributed by atoms with Gasteiger partial charge in [0.1, 0.15) is 10.8 Å². The number of carbonyl (C=O) groups excluding carboxylic acids is 1. The van der Waals surface area contributed by atoms with Crippen molar-refractivity contribution in [2.24, 2.45) is 0 Å². The van der Waals surface area contributed by atoms with Crippen molar-refractivity contribution in [1.29, 1.82) is 0 Å². The lowest BCUT2D eigenvalue weighted by Crippen LogP contribution is -2.13. The standard InChI is InChI=1S/C21H18N4O2S/c1-3-19-24-25-21(28-19)23-20(26)16-12-18(13-7-6-8-14(11-13)27-2)22-17-10-5-4-9-15(16)17/h4-12H,3H2,1-2H3,(H,23,25,26). The minimum atomic E-state index is -0.235. The first-order valence-electron chi connectivity index (χ1n) is 8.86. The van der Waals surface area contributed by atoms with Crippen LogP contribution in [0.4, 0.5) is 5.13 Å². The number of nitrogens with one attached hydrogen (secondary N) is 1. The van der Waals surface area contributed by atoms with Crippen molar-refractivity contribution in [3.8, 4) is 17.0 Å². The molecule has 1 amide bonds. The number of para-hydroxylation sites is 1. The molecule has 4 rings (SSSR count). The Morgan fingerprint density at radius 1 is 1.11 bits per heavy atom. The number of hydrogen-bond acceptors (Lipinski definition) is 6. The van der Waals surface area contributed by atoms with Gasteiger partial charge in [-0.15, -0.1) is 10.2 Å².